The Labute approximate surface area is 162 Å². The Morgan fingerprint density at radius 1 is 1.11 bits per heavy atom. The lowest BCUT2D eigenvalue weighted by Crippen LogP contribution is -2.53. The van der Waals surface area contributed by atoms with Gasteiger partial charge in [-0.25, -0.2) is 0 Å². The van der Waals surface area contributed by atoms with Gasteiger partial charge in [-0.3, -0.25) is 14.4 Å². The molecule has 0 radical (unpaired) electrons. The maximum absolute atomic E-state index is 13.2. The van der Waals surface area contributed by atoms with E-state index in [9.17, 15) is 14.4 Å². The van der Waals surface area contributed by atoms with Crippen LogP contribution < -0.4 is 15.0 Å². The van der Waals surface area contributed by atoms with E-state index in [2.05, 4.69) is 5.32 Å². The normalized spacial score (nSPS) is 19.1. The van der Waals surface area contributed by atoms with Gasteiger partial charge in [-0.05, 0) is 35.9 Å². The van der Waals surface area contributed by atoms with Crippen molar-refractivity contribution in [3.05, 3.63) is 54.1 Å². The topological polar surface area (TPSA) is 79.0 Å². The van der Waals surface area contributed by atoms with E-state index < -0.39 is 5.92 Å². The molecular weight excluding hydrogens is 358 g/mol. The van der Waals surface area contributed by atoms with Gasteiger partial charge in [-0.15, -0.1) is 0 Å². The summed E-state index contributed by atoms with van der Waals surface area (Å²) in [6, 6.07) is 14.7. The van der Waals surface area contributed by atoms with Gasteiger partial charge in [-0.2, -0.15) is 0 Å². The van der Waals surface area contributed by atoms with E-state index in [4.69, 9.17) is 4.74 Å². The quantitative estimate of drug-likeness (QED) is 0.885. The highest BCUT2D eigenvalue weighted by Gasteiger charge is 2.36. The third-order valence-electron chi connectivity index (χ3n) is 5.20. The Hall–Kier alpha value is -3.35. The van der Waals surface area contributed by atoms with Crippen molar-refractivity contribution in [2.75, 3.05) is 37.0 Å². The second-order valence-corrected chi connectivity index (χ2v) is 6.90. The largest absolute Gasteiger partial charge is 0.497 e. The monoisotopic (exact) mass is 379 g/mol. The van der Waals surface area contributed by atoms with Crippen LogP contribution in [0.4, 0.5) is 11.4 Å². The molecule has 2 aromatic rings. The first-order chi connectivity index (χ1) is 13.6. The van der Waals surface area contributed by atoms with Crippen LogP contribution in [0.3, 0.4) is 0 Å². The summed E-state index contributed by atoms with van der Waals surface area (Å²) in [6.45, 7) is 0.862. The molecule has 0 spiro atoms. The number of methoxy groups -OCH3 is 1. The highest BCUT2D eigenvalue weighted by atomic mass is 16.5. The number of nitrogens with zero attached hydrogens (tertiary/aromatic N) is 2. The first kappa shape index (κ1) is 18.0. The number of rotatable bonds is 3. The SMILES string of the molecule is COc1ccc2c(c1)[C@@H](C(=O)N1CCN(c3ccccc3)C(=O)C1)CC(=O)N2. The second-order valence-electron chi connectivity index (χ2n) is 6.90. The minimum absolute atomic E-state index is 0.00511. The zero-order valence-corrected chi connectivity index (χ0v) is 15.6. The number of nitrogens with one attached hydrogen (secondary N) is 1. The summed E-state index contributed by atoms with van der Waals surface area (Å²) in [5, 5.41) is 2.80. The second kappa shape index (κ2) is 7.34. The standard InChI is InChI=1S/C21H21N3O4/c1-28-15-7-8-18-16(11-15)17(12-19(25)22-18)21(27)23-9-10-24(20(26)13-23)14-5-3-2-4-6-14/h2-8,11,17H,9-10,12-13H2,1H3,(H,22,25)/t17-/m0/s1. The van der Waals surface area contributed by atoms with Gasteiger partial charge in [0.2, 0.25) is 17.7 Å². The lowest BCUT2D eigenvalue weighted by Gasteiger charge is -2.37. The van der Waals surface area contributed by atoms with Crippen molar-refractivity contribution in [2.45, 2.75) is 12.3 Å². The molecule has 4 rings (SSSR count). The van der Waals surface area contributed by atoms with Gasteiger partial charge in [-0.1, -0.05) is 18.2 Å². The minimum atomic E-state index is -0.616. The van der Waals surface area contributed by atoms with Crippen molar-refractivity contribution >= 4 is 29.1 Å². The van der Waals surface area contributed by atoms with Crippen LogP contribution in [0, 0.1) is 0 Å². The molecule has 2 heterocycles. The fraction of sp³-hybridized carbons (Fsp3) is 0.286. The molecule has 144 valence electrons. The van der Waals surface area contributed by atoms with Crippen molar-refractivity contribution in [3.63, 3.8) is 0 Å². The number of hydrogen-bond donors (Lipinski definition) is 1. The van der Waals surface area contributed by atoms with E-state index >= 15 is 0 Å². The predicted octanol–water partition coefficient (Wildman–Crippen LogP) is 2.00. The summed E-state index contributed by atoms with van der Waals surface area (Å²) < 4.78 is 5.26. The number of carbonyl (C=O) groups excluding carboxylic acids is 3. The average Bonchev–Trinajstić information content (AvgIpc) is 2.72. The molecule has 28 heavy (non-hydrogen) atoms. The Morgan fingerprint density at radius 3 is 2.61 bits per heavy atom. The lowest BCUT2D eigenvalue weighted by molar-refractivity contribution is -0.139. The summed E-state index contributed by atoms with van der Waals surface area (Å²) >= 11 is 0. The van der Waals surface area contributed by atoms with Crippen LogP contribution in [0.1, 0.15) is 17.9 Å². The number of carbonyl (C=O) groups is 3. The molecule has 0 unspecified atom stereocenters. The number of para-hydroxylation sites is 1. The van der Waals surface area contributed by atoms with Crippen LogP contribution in [0.2, 0.25) is 0 Å². The highest BCUT2D eigenvalue weighted by molar-refractivity contribution is 6.03. The van der Waals surface area contributed by atoms with Crippen LogP contribution in [0.25, 0.3) is 0 Å². The van der Waals surface area contributed by atoms with Crippen molar-refractivity contribution in [1.29, 1.82) is 0 Å². The number of amides is 3. The molecule has 0 saturated carbocycles. The predicted molar refractivity (Wildman–Crippen MR) is 104 cm³/mol. The van der Waals surface area contributed by atoms with E-state index in [-0.39, 0.29) is 30.7 Å². The lowest BCUT2D eigenvalue weighted by atomic mass is 9.89. The third kappa shape index (κ3) is 3.31. The van der Waals surface area contributed by atoms with E-state index in [1.54, 1.807) is 35.1 Å². The summed E-state index contributed by atoms with van der Waals surface area (Å²) in [4.78, 5) is 41.1. The molecule has 1 fully saturated rings. The van der Waals surface area contributed by atoms with Gasteiger partial charge in [0, 0.05) is 30.9 Å². The summed E-state index contributed by atoms with van der Waals surface area (Å²) in [7, 11) is 1.56. The van der Waals surface area contributed by atoms with Gasteiger partial charge >= 0.3 is 0 Å². The van der Waals surface area contributed by atoms with Crippen LogP contribution >= 0.6 is 0 Å². The van der Waals surface area contributed by atoms with Crippen LogP contribution in [0.15, 0.2) is 48.5 Å². The molecule has 2 aliphatic heterocycles. The van der Waals surface area contributed by atoms with Crippen LogP contribution in [0.5, 0.6) is 5.75 Å². The smallest absolute Gasteiger partial charge is 0.246 e. The Bertz CT molecular complexity index is 929. The number of hydrogen-bond acceptors (Lipinski definition) is 4. The zero-order valence-electron chi connectivity index (χ0n) is 15.6. The first-order valence-corrected chi connectivity index (χ1v) is 9.19. The molecule has 7 heteroatoms. The van der Waals surface area contributed by atoms with Crippen molar-refractivity contribution in [1.82, 2.24) is 4.90 Å². The third-order valence-corrected chi connectivity index (χ3v) is 5.20. The first-order valence-electron chi connectivity index (χ1n) is 9.19. The van der Waals surface area contributed by atoms with Gasteiger partial charge < -0.3 is 19.9 Å². The molecule has 2 aromatic carbocycles. The molecule has 1 atom stereocenters. The zero-order chi connectivity index (χ0) is 19.7. The summed E-state index contributed by atoms with van der Waals surface area (Å²) in [6.07, 6.45) is 0.0616. The average molecular weight is 379 g/mol. The summed E-state index contributed by atoms with van der Waals surface area (Å²) in [5.41, 5.74) is 2.17. The molecule has 2 aliphatic rings. The van der Waals surface area contributed by atoms with Crippen molar-refractivity contribution in [3.8, 4) is 5.75 Å². The fourth-order valence-corrected chi connectivity index (χ4v) is 3.75. The van der Waals surface area contributed by atoms with Crippen LogP contribution in [-0.2, 0) is 14.4 Å². The summed E-state index contributed by atoms with van der Waals surface area (Å²) in [5.74, 6) is -0.528. The molecule has 7 nitrogen and oxygen atoms in total. The maximum Gasteiger partial charge on any atom is 0.246 e. The van der Waals surface area contributed by atoms with Crippen molar-refractivity contribution in [2.24, 2.45) is 0 Å². The Kier molecular flexibility index (Phi) is 4.73. The molecule has 0 bridgehead atoms. The number of anilines is 2. The molecule has 0 aliphatic carbocycles. The molecule has 0 aromatic heterocycles. The number of piperazine rings is 1. The van der Waals surface area contributed by atoms with Gasteiger partial charge in [0.15, 0.2) is 0 Å². The van der Waals surface area contributed by atoms with E-state index in [0.29, 0.717) is 24.5 Å². The number of fused-ring (bicyclic) bond motifs is 1. The highest BCUT2D eigenvalue weighted by Crippen LogP contribution is 2.36. The van der Waals surface area contributed by atoms with Gasteiger partial charge in [0.25, 0.3) is 0 Å². The van der Waals surface area contributed by atoms with Gasteiger partial charge in [0.05, 0.1) is 13.0 Å². The molecule has 3 amide bonds. The maximum atomic E-state index is 13.2. The molecule has 1 saturated heterocycles. The minimum Gasteiger partial charge on any atom is -0.497 e. The number of ether oxygens (including phenoxy) is 1. The van der Waals surface area contributed by atoms with Crippen molar-refractivity contribution < 1.29 is 19.1 Å². The van der Waals surface area contributed by atoms with E-state index in [0.717, 1.165) is 11.3 Å². The fourth-order valence-electron chi connectivity index (χ4n) is 3.75. The van der Waals surface area contributed by atoms with E-state index in [1.807, 2.05) is 30.3 Å². The van der Waals surface area contributed by atoms with Gasteiger partial charge in [0.1, 0.15) is 12.3 Å². The Balaban J connectivity index is 1.54. The van der Waals surface area contributed by atoms with E-state index in [1.165, 1.54) is 0 Å². The number of benzene rings is 2. The molecule has 1 N–H and O–H groups in total. The van der Waals surface area contributed by atoms with Crippen LogP contribution in [-0.4, -0.2) is 49.4 Å². The Morgan fingerprint density at radius 2 is 1.89 bits per heavy atom. The molecular formula is C21H21N3O4.